The first-order valence-electron chi connectivity index (χ1n) is 9.23. The molecule has 1 heterocycles. The topological polar surface area (TPSA) is 65.7 Å². The van der Waals surface area contributed by atoms with Gasteiger partial charge >= 0.3 is 11.6 Å². The Balaban J connectivity index is 1.68. The van der Waals surface area contributed by atoms with E-state index >= 15 is 0 Å². The molecule has 5 heteroatoms. The average Bonchev–Trinajstić information content (AvgIpc) is 2.65. The molecule has 0 N–H and O–H groups in total. The SMILES string of the molecule is CCCCCCCCCOc1ccc(OC(=O)c2ccc(=O)oc2)cc1. The molecule has 0 amide bonds. The van der Waals surface area contributed by atoms with Crippen LogP contribution in [0.1, 0.15) is 62.2 Å². The Hall–Kier alpha value is -2.56. The van der Waals surface area contributed by atoms with Crippen LogP contribution in [0.25, 0.3) is 0 Å². The van der Waals surface area contributed by atoms with Crippen LogP contribution < -0.4 is 15.1 Å². The summed E-state index contributed by atoms with van der Waals surface area (Å²) in [6.45, 7) is 2.91. The Labute approximate surface area is 153 Å². The summed E-state index contributed by atoms with van der Waals surface area (Å²) in [6, 6.07) is 9.45. The van der Waals surface area contributed by atoms with Gasteiger partial charge in [-0.2, -0.15) is 0 Å². The van der Waals surface area contributed by atoms with Gasteiger partial charge in [0, 0.05) is 6.07 Å². The van der Waals surface area contributed by atoms with E-state index < -0.39 is 11.6 Å². The summed E-state index contributed by atoms with van der Waals surface area (Å²) in [6.07, 6.45) is 9.81. The molecule has 5 nitrogen and oxygen atoms in total. The summed E-state index contributed by atoms with van der Waals surface area (Å²) >= 11 is 0. The highest BCUT2D eigenvalue weighted by molar-refractivity contribution is 5.90. The molecule has 26 heavy (non-hydrogen) atoms. The maximum Gasteiger partial charge on any atom is 0.346 e. The standard InChI is InChI=1S/C21H26O5/c1-2-3-4-5-6-7-8-15-24-18-10-12-19(13-11-18)26-21(23)17-9-14-20(22)25-16-17/h9-14,16H,2-8,15H2,1H3. The minimum Gasteiger partial charge on any atom is -0.494 e. The normalized spacial score (nSPS) is 10.5. The fourth-order valence-corrected chi connectivity index (χ4v) is 2.49. The highest BCUT2D eigenvalue weighted by Gasteiger charge is 2.09. The van der Waals surface area contributed by atoms with Gasteiger partial charge in [0.05, 0.1) is 12.2 Å². The fourth-order valence-electron chi connectivity index (χ4n) is 2.49. The molecule has 0 spiro atoms. The molecule has 0 atom stereocenters. The van der Waals surface area contributed by atoms with E-state index in [2.05, 4.69) is 11.3 Å². The van der Waals surface area contributed by atoms with Gasteiger partial charge in [-0.15, -0.1) is 0 Å². The molecule has 2 rings (SSSR count). The predicted octanol–water partition coefficient (Wildman–Crippen LogP) is 4.99. The molecule has 0 unspecified atom stereocenters. The molecule has 1 aromatic carbocycles. The van der Waals surface area contributed by atoms with E-state index in [4.69, 9.17) is 9.47 Å². The van der Waals surface area contributed by atoms with Crippen molar-refractivity contribution in [1.29, 1.82) is 0 Å². The number of ether oxygens (including phenoxy) is 2. The van der Waals surface area contributed by atoms with Gasteiger partial charge in [0.1, 0.15) is 17.8 Å². The lowest BCUT2D eigenvalue weighted by atomic mass is 10.1. The first-order chi connectivity index (χ1) is 12.7. The number of esters is 1. The van der Waals surface area contributed by atoms with Crippen molar-refractivity contribution in [3.8, 4) is 11.5 Å². The molecule has 0 fully saturated rings. The van der Waals surface area contributed by atoms with Gasteiger partial charge in [0.15, 0.2) is 0 Å². The van der Waals surface area contributed by atoms with Crippen LogP contribution in [0, 0.1) is 0 Å². The molecule has 0 bridgehead atoms. The summed E-state index contributed by atoms with van der Waals surface area (Å²) in [4.78, 5) is 22.8. The van der Waals surface area contributed by atoms with Crippen molar-refractivity contribution in [2.45, 2.75) is 51.9 Å². The number of carbonyl (C=O) groups is 1. The first-order valence-corrected chi connectivity index (χ1v) is 9.23. The third-order valence-corrected chi connectivity index (χ3v) is 3.99. The minimum absolute atomic E-state index is 0.184. The molecular weight excluding hydrogens is 332 g/mol. The smallest absolute Gasteiger partial charge is 0.346 e. The van der Waals surface area contributed by atoms with Gasteiger partial charge < -0.3 is 13.9 Å². The van der Waals surface area contributed by atoms with Gasteiger partial charge in [-0.3, -0.25) is 0 Å². The van der Waals surface area contributed by atoms with Crippen molar-refractivity contribution >= 4 is 5.97 Å². The van der Waals surface area contributed by atoms with Crippen molar-refractivity contribution in [2.24, 2.45) is 0 Å². The van der Waals surface area contributed by atoms with E-state index in [-0.39, 0.29) is 5.56 Å². The highest BCUT2D eigenvalue weighted by atomic mass is 16.5. The second-order valence-corrected chi connectivity index (χ2v) is 6.17. The Morgan fingerprint density at radius 1 is 0.885 bits per heavy atom. The molecule has 1 aromatic heterocycles. The molecule has 0 aliphatic rings. The predicted molar refractivity (Wildman–Crippen MR) is 99.9 cm³/mol. The number of benzene rings is 1. The molecule has 0 saturated carbocycles. The molecule has 0 aliphatic heterocycles. The summed E-state index contributed by atoms with van der Waals surface area (Å²) in [5.74, 6) is 0.580. The molecule has 2 aromatic rings. The van der Waals surface area contributed by atoms with Crippen LogP contribution in [0.2, 0.25) is 0 Å². The Kier molecular flexibility index (Phi) is 8.46. The van der Waals surface area contributed by atoms with E-state index in [9.17, 15) is 9.59 Å². The Bertz CT molecular complexity index is 697. The first kappa shape index (κ1) is 19.8. The molecular formula is C21H26O5. The zero-order chi connectivity index (χ0) is 18.6. The molecule has 0 radical (unpaired) electrons. The zero-order valence-corrected chi connectivity index (χ0v) is 15.2. The van der Waals surface area contributed by atoms with E-state index in [1.54, 1.807) is 24.3 Å². The maximum absolute atomic E-state index is 11.9. The second kappa shape index (κ2) is 11.1. The lowest BCUT2D eigenvalue weighted by molar-refractivity contribution is 0.0731. The maximum atomic E-state index is 11.9. The van der Waals surface area contributed by atoms with Crippen molar-refractivity contribution in [3.63, 3.8) is 0 Å². The van der Waals surface area contributed by atoms with Crippen LogP contribution in [-0.4, -0.2) is 12.6 Å². The monoisotopic (exact) mass is 358 g/mol. The lowest BCUT2D eigenvalue weighted by Crippen LogP contribution is -2.10. The van der Waals surface area contributed by atoms with Crippen molar-refractivity contribution in [3.05, 3.63) is 58.6 Å². The van der Waals surface area contributed by atoms with Crippen molar-refractivity contribution in [1.82, 2.24) is 0 Å². The molecule has 0 saturated heterocycles. The van der Waals surface area contributed by atoms with Crippen LogP contribution in [0.15, 0.2) is 51.9 Å². The third kappa shape index (κ3) is 7.13. The van der Waals surface area contributed by atoms with Crippen LogP contribution in [-0.2, 0) is 0 Å². The molecule has 0 aliphatic carbocycles. The third-order valence-electron chi connectivity index (χ3n) is 3.99. The average molecular weight is 358 g/mol. The second-order valence-electron chi connectivity index (χ2n) is 6.17. The number of hydrogen-bond donors (Lipinski definition) is 0. The van der Waals surface area contributed by atoms with Gasteiger partial charge in [-0.25, -0.2) is 9.59 Å². The van der Waals surface area contributed by atoms with Crippen LogP contribution >= 0.6 is 0 Å². The van der Waals surface area contributed by atoms with Crippen molar-refractivity contribution < 1.29 is 18.7 Å². The number of rotatable bonds is 11. The van der Waals surface area contributed by atoms with Crippen LogP contribution in [0.5, 0.6) is 11.5 Å². The Morgan fingerprint density at radius 3 is 2.19 bits per heavy atom. The van der Waals surface area contributed by atoms with Crippen LogP contribution in [0.3, 0.4) is 0 Å². The largest absolute Gasteiger partial charge is 0.494 e. The zero-order valence-electron chi connectivity index (χ0n) is 15.2. The van der Waals surface area contributed by atoms with Gasteiger partial charge in [0.25, 0.3) is 0 Å². The quantitative estimate of drug-likeness (QED) is 0.322. The minimum atomic E-state index is -0.578. The molecule has 140 valence electrons. The van der Waals surface area contributed by atoms with E-state index in [1.165, 1.54) is 50.7 Å². The summed E-state index contributed by atoms with van der Waals surface area (Å²) in [7, 11) is 0. The van der Waals surface area contributed by atoms with Gasteiger partial charge in [-0.1, -0.05) is 45.4 Å². The summed E-state index contributed by atoms with van der Waals surface area (Å²) in [5.41, 5.74) is -0.326. The number of carbonyl (C=O) groups excluding carboxylic acids is 1. The summed E-state index contributed by atoms with van der Waals surface area (Å²) < 4.78 is 15.6. The lowest BCUT2D eigenvalue weighted by Gasteiger charge is -2.08. The van der Waals surface area contributed by atoms with Gasteiger partial charge in [0.2, 0.25) is 0 Å². The van der Waals surface area contributed by atoms with E-state index in [0.29, 0.717) is 12.4 Å². The van der Waals surface area contributed by atoms with Gasteiger partial charge in [-0.05, 0) is 36.8 Å². The fraction of sp³-hybridized carbons (Fsp3) is 0.429. The Morgan fingerprint density at radius 2 is 1.54 bits per heavy atom. The van der Waals surface area contributed by atoms with Crippen molar-refractivity contribution in [2.75, 3.05) is 6.61 Å². The number of unbranched alkanes of at least 4 members (excludes halogenated alkanes) is 6. The van der Waals surface area contributed by atoms with E-state index in [1.807, 2.05) is 0 Å². The summed E-state index contributed by atoms with van der Waals surface area (Å²) in [5, 5.41) is 0. The van der Waals surface area contributed by atoms with Crippen LogP contribution in [0.4, 0.5) is 0 Å². The highest BCUT2D eigenvalue weighted by Crippen LogP contribution is 2.19. The van der Waals surface area contributed by atoms with E-state index in [0.717, 1.165) is 18.4 Å². The number of hydrogen-bond acceptors (Lipinski definition) is 5.